The maximum atomic E-state index is 13.0. The summed E-state index contributed by atoms with van der Waals surface area (Å²) in [5, 5.41) is 23.0. The summed E-state index contributed by atoms with van der Waals surface area (Å²) in [6, 6.07) is 47.0. The van der Waals surface area contributed by atoms with Crippen LogP contribution in [0.25, 0.3) is 0 Å². The Labute approximate surface area is 755 Å². The monoisotopic (exact) mass is 1770 g/mol. The number of hydrogen-bond acceptors (Lipinski definition) is 15. The van der Waals surface area contributed by atoms with E-state index < -0.39 is 6.04 Å². The second-order valence-corrected chi connectivity index (χ2v) is 35.2. The van der Waals surface area contributed by atoms with Crippen LogP contribution in [-0.4, -0.2) is 133 Å². The van der Waals surface area contributed by atoms with E-state index >= 15 is 0 Å². The Balaban J connectivity index is 0.000000145. The van der Waals surface area contributed by atoms with Gasteiger partial charge in [-0.2, -0.15) is 0 Å². The number of nitrogens with zero attached hydrogens (tertiary/aromatic N) is 4. The fourth-order valence-electron chi connectivity index (χ4n) is 17.1. The van der Waals surface area contributed by atoms with E-state index in [0.717, 1.165) is 132 Å². The van der Waals surface area contributed by atoms with Gasteiger partial charge in [0.15, 0.2) is 23.1 Å². The second kappa shape index (κ2) is 41.7. The zero-order valence-electron chi connectivity index (χ0n) is 72.0. The van der Waals surface area contributed by atoms with Crippen LogP contribution in [0.3, 0.4) is 0 Å². The van der Waals surface area contributed by atoms with Crippen molar-refractivity contribution >= 4 is 122 Å². The van der Waals surface area contributed by atoms with Crippen LogP contribution in [0, 0.1) is 20.8 Å². The number of anilines is 3. The van der Waals surface area contributed by atoms with Crippen molar-refractivity contribution in [2.24, 2.45) is 0 Å². The molecule has 4 aliphatic carbocycles. The lowest BCUT2D eigenvalue weighted by Crippen LogP contribution is -2.43. The van der Waals surface area contributed by atoms with Crippen LogP contribution >= 0.6 is 34.8 Å². The lowest BCUT2D eigenvalue weighted by atomic mass is 9.89. The van der Waals surface area contributed by atoms with Crippen molar-refractivity contribution in [3.05, 3.63) is 310 Å². The Morgan fingerprint density at radius 3 is 1.20 bits per heavy atom. The number of Topliss-reactive ketones (excluding diaryl/α,β-unsaturated/α-hetero) is 4. The molecule has 16 rings (SSSR count). The third-order valence-corrected chi connectivity index (χ3v) is 25.7. The van der Waals surface area contributed by atoms with Gasteiger partial charge in [0.05, 0.1) is 37.3 Å². The Morgan fingerprint density at radius 1 is 0.386 bits per heavy atom. The molecule has 7 N–H and O–H groups in total. The first-order chi connectivity index (χ1) is 60.9. The summed E-state index contributed by atoms with van der Waals surface area (Å²) in [6.45, 7) is 26.7. The maximum Gasteiger partial charge on any atom is 0.255 e. The average Bonchev–Trinajstić information content (AvgIpc) is 1.67. The molecule has 5 unspecified atom stereocenters. The van der Waals surface area contributed by atoms with Gasteiger partial charge >= 0.3 is 0 Å². The molecule has 0 bridgehead atoms. The van der Waals surface area contributed by atoms with Crippen LogP contribution in [-0.2, 0) is 97.1 Å². The van der Waals surface area contributed by atoms with E-state index in [1.807, 2.05) is 142 Å². The average molecular weight is 1770 g/mol. The minimum absolute atomic E-state index is 0.0542. The van der Waals surface area contributed by atoms with Gasteiger partial charge in [0.1, 0.15) is 6.04 Å². The van der Waals surface area contributed by atoms with Crippen molar-refractivity contribution in [1.82, 2.24) is 40.9 Å². The summed E-state index contributed by atoms with van der Waals surface area (Å²) in [7, 11) is 0. The van der Waals surface area contributed by atoms with Crippen LogP contribution < -0.4 is 37.2 Å². The lowest BCUT2D eigenvalue weighted by molar-refractivity contribution is -0.124. The smallest absolute Gasteiger partial charge is 0.255 e. The highest BCUT2D eigenvalue weighted by Crippen LogP contribution is 2.38. The quantitative estimate of drug-likeness (QED) is 0.0277. The number of amides is 8. The number of para-hydroxylation sites is 1. The predicted molar refractivity (Wildman–Crippen MR) is 493 cm³/mol. The predicted octanol–water partition coefficient (Wildman–Crippen LogP) is 16.0. The van der Waals surface area contributed by atoms with Crippen LogP contribution in [0.2, 0.25) is 15.1 Å². The summed E-state index contributed by atoms with van der Waals surface area (Å²) >= 11 is 18.4. The van der Waals surface area contributed by atoms with Crippen LogP contribution in [0.1, 0.15) is 199 Å². The Hall–Kier alpha value is -12.6. The number of allylic oxidation sites excluding steroid dienone is 4. The minimum Gasteiger partial charge on any atom is -0.376 e. The molecule has 0 spiro atoms. The van der Waals surface area contributed by atoms with E-state index in [1.165, 1.54) is 0 Å². The fraction of sp³-hybridized carbons (Fsp3) is 0.327. The number of rotatable bonds is 24. The number of nitrogens with one attached hydrogen (secondary N) is 7. The van der Waals surface area contributed by atoms with Gasteiger partial charge in [0, 0.05) is 139 Å². The van der Waals surface area contributed by atoms with Gasteiger partial charge in [-0.1, -0.05) is 174 Å². The van der Waals surface area contributed by atoms with E-state index in [2.05, 4.69) is 63.5 Å². The van der Waals surface area contributed by atoms with Gasteiger partial charge < -0.3 is 56.8 Å². The van der Waals surface area contributed by atoms with Gasteiger partial charge in [-0.05, 0) is 219 Å². The summed E-state index contributed by atoms with van der Waals surface area (Å²) in [4.78, 5) is 157. The lowest BCUT2D eigenvalue weighted by Gasteiger charge is -2.30. The molecule has 8 aromatic carbocycles. The summed E-state index contributed by atoms with van der Waals surface area (Å²) < 4.78 is 0. The molecule has 23 nitrogen and oxygen atoms in total. The molecule has 26 heteroatoms. The number of fused-ring (bicyclic) bond motifs is 4. The number of carbonyl (C=O) groups excluding carboxylic acids is 12. The molecule has 4 saturated carbocycles. The van der Waals surface area contributed by atoms with Gasteiger partial charge in [-0.3, -0.25) is 57.5 Å². The molecule has 127 heavy (non-hydrogen) atoms. The highest BCUT2D eigenvalue weighted by Gasteiger charge is 2.43. The molecule has 0 radical (unpaired) electrons. The number of hydrogen-bond donors (Lipinski definition) is 7. The molecule has 0 aromatic heterocycles. The molecule has 4 heterocycles. The molecule has 658 valence electrons. The Morgan fingerprint density at radius 2 is 0.764 bits per heavy atom. The van der Waals surface area contributed by atoms with Crippen LogP contribution in [0.5, 0.6) is 0 Å². The van der Waals surface area contributed by atoms with Crippen molar-refractivity contribution < 1.29 is 57.5 Å². The van der Waals surface area contributed by atoms with E-state index in [1.54, 1.807) is 62.9 Å². The molecule has 8 aliphatic rings. The molecule has 0 saturated heterocycles. The minimum atomic E-state index is -0.442. The van der Waals surface area contributed by atoms with Crippen molar-refractivity contribution in [3.8, 4) is 0 Å². The van der Waals surface area contributed by atoms with Crippen molar-refractivity contribution in [3.63, 3.8) is 0 Å². The molecule has 8 amide bonds. The normalized spacial score (nSPS) is 18.3. The van der Waals surface area contributed by atoms with E-state index in [-0.39, 0.29) is 108 Å². The first kappa shape index (κ1) is 92.1. The second-order valence-electron chi connectivity index (χ2n) is 33.9. The number of halogens is 3. The number of ketones is 4. The summed E-state index contributed by atoms with van der Waals surface area (Å²) in [5.41, 5.74) is 20.0. The summed E-state index contributed by atoms with van der Waals surface area (Å²) in [5.74, 6) is -0.553. The third kappa shape index (κ3) is 23.2. The number of aryl methyl sites for hydroxylation is 4. The molecular formula is C101H106Cl3N11O12. The standard InChI is InChI=1S/C26H28ClN3O3.C26H27ClN2O3.C25H26ClN3O3.C24H25N3O3/c1-15-4-9-23(24(31)10-15)30-14-19-11-18(6-8-21(19)26(30)33)13-28-25(32)17(3)29-20-7-5-16(2)22(27)12-20;1-16-6-10-23(24(30)12-16)29-15-21-19(4-3-5-20(21)26(29)32)14-28-25(31)11-9-18-8-7-17(2)22(27)13-18;1-15-3-8-22(23(30)9-15)29-14-18-10-17(5-7-20(18)25(29)32)12-28-24(31)13-27-19-6-4-16(2)21(26)11-19;1-16-7-10-21(22(28)11-16)27-15-18-12-17(8-9-20(18)24(27)30)13-26-23(29)14-25-19-5-3-2-4-6-19/h5-8,11-12,17,23,29H,1,4,9-10,13-14H2,2-3H3,(H,28,32);3-5,7-8,13,23H,1,6,9-12,14-15H2,2H3,(H,28,31);4-7,10-11,22,27H,1,3,8-9,12-14H2,2H3,(H,28,31);2-6,8-9,12,21,25H,1,7,10-11,13-15H2,(H,26,29). The number of benzene rings is 8. The maximum absolute atomic E-state index is 13.0. The zero-order valence-corrected chi connectivity index (χ0v) is 74.3. The Kier molecular flexibility index (Phi) is 30.2. The van der Waals surface area contributed by atoms with Gasteiger partial charge in [-0.25, -0.2) is 0 Å². The van der Waals surface area contributed by atoms with Gasteiger partial charge in [0.25, 0.3) is 23.6 Å². The first-order valence-corrected chi connectivity index (χ1v) is 44.1. The van der Waals surface area contributed by atoms with E-state index in [9.17, 15) is 57.5 Å². The highest BCUT2D eigenvalue weighted by atomic mass is 35.5. The number of carbonyl (C=O) groups is 12. The van der Waals surface area contributed by atoms with Crippen molar-refractivity contribution in [1.29, 1.82) is 0 Å². The molecule has 4 fully saturated rings. The topological polar surface area (TPSA) is 302 Å². The van der Waals surface area contributed by atoms with E-state index in [4.69, 9.17) is 34.8 Å². The zero-order chi connectivity index (χ0) is 90.4. The molecule has 4 aliphatic heterocycles. The molecular weight excluding hydrogens is 1670 g/mol. The fourth-order valence-corrected chi connectivity index (χ4v) is 17.6. The first-order valence-electron chi connectivity index (χ1n) is 43.0. The third-order valence-electron chi connectivity index (χ3n) is 24.5. The van der Waals surface area contributed by atoms with Crippen LogP contribution in [0.15, 0.2) is 206 Å². The largest absolute Gasteiger partial charge is 0.376 e. The summed E-state index contributed by atoms with van der Waals surface area (Å²) in [6.07, 6.45) is 8.03. The van der Waals surface area contributed by atoms with E-state index in [0.29, 0.717) is 154 Å². The Bertz CT molecular complexity index is 5750. The van der Waals surface area contributed by atoms with Crippen molar-refractivity contribution in [2.75, 3.05) is 29.0 Å². The van der Waals surface area contributed by atoms with Gasteiger partial charge in [0.2, 0.25) is 23.6 Å². The van der Waals surface area contributed by atoms with Crippen molar-refractivity contribution in [2.45, 2.75) is 200 Å². The van der Waals surface area contributed by atoms with Gasteiger partial charge in [-0.15, -0.1) is 0 Å². The molecule has 5 atom stereocenters. The van der Waals surface area contributed by atoms with Crippen LogP contribution in [0.4, 0.5) is 17.1 Å². The molecule has 8 aromatic rings. The SMILES string of the molecule is C=C1CCC(N2Cc3c(CNC(=O)CCc4ccc(C)c(Cl)c4)cccc3C2=O)C(=O)C1.C=C1CCC(N2Cc3cc(CNC(=O)C(C)Nc4ccc(C)c(Cl)c4)ccc3C2=O)C(=O)C1.C=C1CCC(N2Cc3cc(CNC(=O)CNc4ccc(C)c(Cl)c4)ccc3C2=O)C(=O)C1.C=C1CCC(N2Cc3cc(CNC(=O)CNc4ccccc4)ccc3C2=O)C(=O)C1. The highest BCUT2D eigenvalue weighted by molar-refractivity contribution is 6.32.